The zero-order valence-electron chi connectivity index (χ0n) is 15.3. The van der Waals surface area contributed by atoms with Gasteiger partial charge in [0.05, 0.1) is 12.7 Å². The summed E-state index contributed by atoms with van der Waals surface area (Å²) in [5.41, 5.74) is 3.81. The van der Waals surface area contributed by atoms with Gasteiger partial charge in [0.1, 0.15) is 5.82 Å². The monoisotopic (exact) mass is 367 g/mol. The predicted octanol–water partition coefficient (Wildman–Crippen LogP) is 3.46. The van der Waals surface area contributed by atoms with Gasteiger partial charge in [0.2, 0.25) is 0 Å². The third-order valence-electron chi connectivity index (χ3n) is 4.21. The van der Waals surface area contributed by atoms with Gasteiger partial charge in [-0.2, -0.15) is 5.10 Å². The second-order valence-electron chi connectivity index (χ2n) is 6.19. The van der Waals surface area contributed by atoms with Crippen LogP contribution in [-0.4, -0.2) is 29.9 Å². The van der Waals surface area contributed by atoms with E-state index in [0.29, 0.717) is 13.1 Å². The van der Waals surface area contributed by atoms with Gasteiger partial charge in [0.25, 0.3) is 0 Å². The molecule has 0 aliphatic rings. The molecule has 0 saturated carbocycles. The Bertz CT molecular complexity index is 889. The van der Waals surface area contributed by atoms with Gasteiger partial charge in [-0.25, -0.2) is 9.18 Å². The highest BCUT2D eigenvalue weighted by molar-refractivity contribution is 5.91. The fourth-order valence-electron chi connectivity index (χ4n) is 2.65. The number of aromatic nitrogens is 2. The first-order chi connectivity index (χ1) is 13.0. The molecule has 0 unspecified atom stereocenters. The van der Waals surface area contributed by atoms with Gasteiger partial charge < -0.3 is 10.6 Å². The quantitative estimate of drug-likeness (QED) is 0.701. The summed E-state index contributed by atoms with van der Waals surface area (Å²) in [5.74, 6) is -0.239. The van der Waals surface area contributed by atoms with E-state index in [9.17, 15) is 9.18 Å². The molecule has 7 heteroatoms. The largest absolute Gasteiger partial charge is 0.381 e. The Morgan fingerprint density at radius 2 is 1.81 bits per heavy atom. The number of urea groups is 1. The van der Waals surface area contributed by atoms with Crippen LogP contribution in [0.1, 0.15) is 11.1 Å². The summed E-state index contributed by atoms with van der Waals surface area (Å²) < 4.78 is 14.8. The highest BCUT2D eigenvalue weighted by Crippen LogP contribution is 2.17. The van der Waals surface area contributed by atoms with Gasteiger partial charge in [0.15, 0.2) is 0 Å². The van der Waals surface area contributed by atoms with Crippen molar-refractivity contribution in [1.29, 1.82) is 0 Å². The van der Waals surface area contributed by atoms with E-state index in [1.54, 1.807) is 31.1 Å². The Labute approximate surface area is 157 Å². The summed E-state index contributed by atoms with van der Waals surface area (Å²) in [4.78, 5) is 13.2. The van der Waals surface area contributed by atoms with E-state index >= 15 is 0 Å². The molecule has 2 aromatic carbocycles. The van der Waals surface area contributed by atoms with E-state index in [2.05, 4.69) is 15.7 Å². The van der Waals surface area contributed by atoms with Crippen molar-refractivity contribution in [2.75, 3.05) is 24.3 Å². The lowest BCUT2D eigenvalue weighted by Crippen LogP contribution is -2.34. The van der Waals surface area contributed by atoms with Crippen LogP contribution in [0.25, 0.3) is 0 Å². The normalized spacial score (nSPS) is 10.5. The van der Waals surface area contributed by atoms with E-state index in [-0.39, 0.29) is 11.8 Å². The average molecular weight is 367 g/mol. The molecule has 0 bridgehead atoms. The molecule has 3 rings (SSSR count). The average Bonchev–Trinajstić information content (AvgIpc) is 3.14. The Morgan fingerprint density at radius 1 is 1.11 bits per heavy atom. The molecular formula is C20H22FN5O. The second-order valence-corrected chi connectivity index (χ2v) is 6.19. The van der Waals surface area contributed by atoms with Crippen LogP contribution in [0, 0.1) is 5.82 Å². The lowest BCUT2D eigenvalue weighted by molar-refractivity contribution is 0.249. The fraction of sp³-hybridized carbons (Fsp3) is 0.200. The van der Waals surface area contributed by atoms with Crippen LogP contribution in [0.2, 0.25) is 0 Å². The molecule has 0 aliphatic carbocycles. The number of carbonyl (C=O) groups is 1. The number of hydrogen-bond acceptors (Lipinski definition) is 3. The second kappa shape index (κ2) is 8.35. The molecule has 2 N–H and O–H groups in total. The molecule has 0 saturated heterocycles. The molecule has 0 aliphatic heterocycles. The Morgan fingerprint density at radius 3 is 2.48 bits per heavy atom. The molecule has 1 aromatic heterocycles. The van der Waals surface area contributed by atoms with Crippen LogP contribution in [0.4, 0.5) is 20.6 Å². The maximum atomic E-state index is 13.0. The summed E-state index contributed by atoms with van der Waals surface area (Å²) in [6, 6.07) is 13.9. The minimum absolute atomic E-state index is 0.163. The summed E-state index contributed by atoms with van der Waals surface area (Å²) in [5, 5.41) is 10.3. The van der Waals surface area contributed by atoms with Gasteiger partial charge in [-0.15, -0.1) is 0 Å². The van der Waals surface area contributed by atoms with Crippen molar-refractivity contribution in [3.05, 3.63) is 77.9 Å². The van der Waals surface area contributed by atoms with Crippen molar-refractivity contribution in [1.82, 2.24) is 15.1 Å². The number of nitrogens with zero attached hydrogens (tertiary/aromatic N) is 3. The van der Waals surface area contributed by atoms with Crippen molar-refractivity contribution < 1.29 is 9.18 Å². The van der Waals surface area contributed by atoms with Crippen molar-refractivity contribution in [2.24, 2.45) is 0 Å². The molecule has 140 valence electrons. The van der Waals surface area contributed by atoms with Gasteiger partial charge >= 0.3 is 6.03 Å². The number of nitrogens with one attached hydrogen (secondary N) is 2. The minimum Gasteiger partial charge on any atom is -0.381 e. The van der Waals surface area contributed by atoms with Crippen molar-refractivity contribution >= 4 is 17.4 Å². The molecule has 27 heavy (non-hydrogen) atoms. The number of hydrogen-bond donors (Lipinski definition) is 2. The van der Waals surface area contributed by atoms with Crippen molar-refractivity contribution in [3.63, 3.8) is 0 Å². The van der Waals surface area contributed by atoms with Crippen LogP contribution >= 0.6 is 0 Å². The minimum atomic E-state index is -0.239. The van der Waals surface area contributed by atoms with E-state index in [4.69, 9.17) is 0 Å². The Hall–Kier alpha value is -3.35. The number of rotatable bonds is 6. The lowest BCUT2D eigenvalue weighted by atomic mass is 10.2. The number of anilines is 2. The summed E-state index contributed by atoms with van der Waals surface area (Å²) in [6.45, 7) is 1.23. The third-order valence-corrected chi connectivity index (χ3v) is 4.21. The van der Waals surface area contributed by atoms with Crippen LogP contribution in [0.3, 0.4) is 0 Å². The Kier molecular flexibility index (Phi) is 5.71. The predicted molar refractivity (Wildman–Crippen MR) is 104 cm³/mol. The Balaban J connectivity index is 1.55. The number of amides is 2. The smallest absolute Gasteiger partial charge is 0.321 e. The third kappa shape index (κ3) is 4.84. The van der Waals surface area contributed by atoms with Gasteiger partial charge in [-0.1, -0.05) is 12.1 Å². The summed E-state index contributed by atoms with van der Waals surface area (Å²) in [6.07, 6.45) is 3.77. The van der Waals surface area contributed by atoms with Crippen LogP contribution < -0.4 is 15.5 Å². The van der Waals surface area contributed by atoms with Gasteiger partial charge in [0, 0.05) is 43.8 Å². The molecule has 0 radical (unpaired) electrons. The van der Waals surface area contributed by atoms with Crippen molar-refractivity contribution in [3.8, 4) is 0 Å². The molecule has 1 heterocycles. The van der Waals surface area contributed by atoms with E-state index in [1.807, 2.05) is 41.3 Å². The molecular weight excluding hydrogens is 345 g/mol. The number of carbonyl (C=O) groups excluding carboxylic acids is 1. The standard InChI is InChI=1S/C20H22FN5O/c1-22-20(27)25(2)19-9-7-18(8-10-19)23-11-16-12-24-26(14-16)13-15-3-5-17(21)6-4-15/h3-10,12,14,23H,11,13H2,1-2H3,(H,22,27). The SMILES string of the molecule is CNC(=O)N(C)c1ccc(NCc2cnn(Cc3ccc(F)cc3)c2)cc1. The van der Waals surface area contributed by atoms with Crippen LogP contribution in [0.15, 0.2) is 60.9 Å². The molecule has 3 aromatic rings. The number of benzene rings is 2. The molecule has 0 spiro atoms. The highest BCUT2D eigenvalue weighted by atomic mass is 19.1. The van der Waals surface area contributed by atoms with Crippen LogP contribution in [-0.2, 0) is 13.1 Å². The highest BCUT2D eigenvalue weighted by Gasteiger charge is 2.08. The zero-order chi connectivity index (χ0) is 19.2. The fourth-order valence-corrected chi connectivity index (χ4v) is 2.65. The summed E-state index contributed by atoms with van der Waals surface area (Å²) >= 11 is 0. The zero-order valence-corrected chi connectivity index (χ0v) is 15.3. The number of halogens is 1. The van der Waals surface area contributed by atoms with Gasteiger partial charge in [-0.05, 0) is 42.0 Å². The topological polar surface area (TPSA) is 62.2 Å². The van der Waals surface area contributed by atoms with Crippen LogP contribution in [0.5, 0.6) is 0 Å². The van der Waals surface area contributed by atoms with E-state index in [1.165, 1.54) is 12.1 Å². The first-order valence-corrected chi connectivity index (χ1v) is 8.60. The molecule has 6 nitrogen and oxygen atoms in total. The van der Waals surface area contributed by atoms with Crippen molar-refractivity contribution in [2.45, 2.75) is 13.1 Å². The summed E-state index contributed by atoms with van der Waals surface area (Å²) in [7, 11) is 3.32. The lowest BCUT2D eigenvalue weighted by Gasteiger charge is -2.17. The van der Waals surface area contributed by atoms with E-state index < -0.39 is 0 Å². The van der Waals surface area contributed by atoms with Gasteiger partial charge in [-0.3, -0.25) is 9.58 Å². The first-order valence-electron chi connectivity index (χ1n) is 8.60. The maximum Gasteiger partial charge on any atom is 0.321 e. The molecule has 0 atom stereocenters. The maximum absolute atomic E-state index is 13.0. The first kappa shape index (κ1) is 18.4. The van der Waals surface area contributed by atoms with E-state index in [0.717, 1.165) is 22.5 Å². The molecule has 0 fully saturated rings. The molecule has 2 amide bonds.